The van der Waals surface area contributed by atoms with Crippen LogP contribution in [0.4, 0.5) is 0 Å². The van der Waals surface area contributed by atoms with Crippen LogP contribution in [0.25, 0.3) is 0 Å². The van der Waals surface area contributed by atoms with Crippen molar-refractivity contribution in [3.8, 4) is 0 Å². The summed E-state index contributed by atoms with van der Waals surface area (Å²) in [7, 11) is 0. The van der Waals surface area contributed by atoms with E-state index in [1.807, 2.05) is 22.9 Å². The van der Waals surface area contributed by atoms with Crippen LogP contribution >= 0.6 is 12.2 Å². The van der Waals surface area contributed by atoms with Crippen LogP contribution in [0.2, 0.25) is 0 Å². The third kappa shape index (κ3) is 6.33. The number of nitrogens with zero attached hydrogens (tertiary/aromatic N) is 2. The number of thiocarbonyl (C=S) groups is 1. The SMILES string of the molecule is C=C/C=C(\C=C)C[C@H](CC)NC(=S)c1nn(CCc2ccccc2)cc1C. The van der Waals surface area contributed by atoms with Gasteiger partial charge in [-0.15, -0.1) is 0 Å². The van der Waals surface area contributed by atoms with Crippen molar-refractivity contribution < 1.29 is 0 Å². The normalized spacial score (nSPS) is 12.4. The maximum atomic E-state index is 5.64. The summed E-state index contributed by atoms with van der Waals surface area (Å²) in [5.41, 5.74) is 4.42. The molecular formula is C23H29N3S. The average Bonchev–Trinajstić information content (AvgIpc) is 3.06. The van der Waals surface area contributed by atoms with E-state index < -0.39 is 0 Å². The zero-order valence-electron chi connectivity index (χ0n) is 16.3. The van der Waals surface area contributed by atoms with Crippen molar-refractivity contribution in [2.75, 3.05) is 0 Å². The van der Waals surface area contributed by atoms with Gasteiger partial charge >= 0.3 is 0 Å². The predicted octanol–water partition coefficient (Wildman–Crippen LogP) is 5.17. The van der Waals surface area contributed by atoms with E-state index in [-0.39, 0.29) is 6.04 Å². The molecule has 1 atom stereocenters. The van der Waals surface area contributed by atoms with Crippen molar-refractivity contribution in [2.24, 2.45) is 0 Å². The highest BCUT2D eigenvalue weighted by atomic mass is 32.1. The van der Waals surface area contributed by atoms with E-state index >= 15 is 0 Å². The number of aryl methyl sites for hydroxylation is 3. The molecule has 2 aromatic rings. The van der Waals surface area contributed by atoms with Crippen LogP contribution in [0.15, 0.2) is 73.5 Å². The summed E-state index contributed by atoms with van der Waals surface area (Å²) < 4.78 is 1.99. The maximum absolute atomic E-state index is 5.64. The Kier molecular flexibility index (Phi) is 8.21. The van der Waals surface area contributed by atoms with Crippen molar-refractivity contribution in [1.82, 2.24) is 15.1 Å². The molecule has 0 bridgehead atoms. The van der Waals surface area contributed by atoms with Crippen LogP contribution in [-0.4, -0.2) is 20.8 Å². The van der Waals surface area contributed by atoms with E-state index in [0.717, 1.165) is 42.6 Å². The number of nitrogens with one attached hydrogen (secondary N) is 1. The molecule has 2 rings (SSSR count). The van der Waals surface area contributed by atoms with Gasteiger partial charge in [0, 0.05) is 18.8 Å². The van der Waals surface area contributed by atoms with Gasteiger partial charge in [-0.3, -0.25) is 4.68 Å². The fourth-order valence-corrected chi connectivity index (χ4v) is 3.32. The minimum atomic E-state index is 0.246. The Morgan fingerprint density at radius 3 is 2.67 bits per heavy atom. The Morgan fingerprint density at radius 2 is 2.04 bits per heavy atom. The molecule has 1 aromatic heterocycles. The first kappa shape index (κ1) is 20.8. The number of hydrogen-bond donors (Lipinski definition) is 1. The Morgan fingerprint density at radius 1 is 1.30 bits per heavy atom. The smallest absolute Gasteiger partial charge is 0.127 e. The fraction of sp³-hybridized carbons (Fsp3) is 0.304. The summed E-state index contributed by atoms with van der Waals surface area (Å²) in [6.45, 7) is 12.7. The van der Waals surface area contributed by atoms with Gasteiger partial charge in [-0.2, -0.15) is 5.10 Å². The maximum Gasteiger partial charge on any atom is 0.127 e. The second-order valence-electron chi connectivity index (χ2n) is 6.62. The molecule has 0 aliphatic heterocycles. The first-order valence-corrected chi connectivity index (χ1v) is 9.81. The quantitative estimate of drug-likeness (QED) is 0.456. The molecule has 0 spiro atoms. The lowest BCUT2D eigenvalue weighted by Gasteiger charge is -2.19. The van der Waals surface area contributed by atoms with Gasteiger partial charge < -0.3 is 5.32 Å². The van der Waals surface area contributed by atoms with E-state index in [2.05, 4.69) is 62.8 Å². The minimum absolute atomic E-state index is 0.246. The first-order chi connectivity index (χ1) is 13.1. The van der Waals surface area contributed by atoms with Gasteiger partial charge in [-0.05, 0) is 42.9 Å². The predicted molar refractivity (Wildman–Crippen MR) is 119 cm³/mol. The molecule has 0 amide bonds. The molecule has 1 N–H and O–H groups in total. The van der Waals surface area contributed by atoms with Crippen LogP contribution in [0, 0.1) is 6.92 Å². The monoisotopic (exact) mass is 379 g/mol. The summed E-state index contributed by atoms with van der Waals surface area (Å²) in [5, 5.41) is 8.18. The van der Waals surface area contributed by atoms with Gasteiger partial charge in [0.05, 0.1) is 0 Å². The molecule has 1 aromatic carbocycles. The Hall–Kier alpha value is -2.46. The Bertz CT molecular complexity index is 802. The summed E-state index contributed by atoms with van der Waals surface area (Å²) in [6.07, 6.45) is 10.5. The molecule has 0 unspecified atom stereocenters. The molecule has 0 radical (unpaired) electrons. The number of rotatable bonds is 10. The third-order valence-electron chi connectivity index (χ3n) is 4.54. The molecule has 0 saturated carbocycles. The van der Waals surface area contributed by atoms with Crippen molar-refractivity contribution in [1.29, 1.82) is 0 Å². The summed E-state index contributed by atoms with van der Waals surface area (Å²) >= 11 is 5.64. The number of aromatic nitrogens is 2. The molecule has 1 heterocycles. The van der Waals surface area contributed by atoms with Crippen LogP contribution in [0.3, 0.4) is 0 Å². The molecule has 4 heteroatoms. The van der Waals surface area contributed by atoms with Crippen molar-refractivity contribution in [3.05, 3.63) is 90.3 Å². The van der Waals surface area contributed by atoms with Crippen molar-refractivity contribution in [2.45, 2.75) is 45.7 Å². The number of hydrogen-bond acceptors (Lipinski definition) is 2. The summed E-state index contributed by atoms with van der Waals surface area (Å²) in [4.78, 5) is 0.708. The van der Waals surface area contributed by atoms with Gasteiger partial charge in [0.2, 0.25) is 0 Å². The topological polar surface area (TPSA) is 29.9 Å². The molecule has 0 aliphatic rings. The van der Waals surface area contributed by atoms with E-state index in [9.17, 15) is 0 Å². The van der Waals surface area contributed by atoms with Gasteiger partial charge in [-0.1, -0.05) is 80.9 Å². The highest BCUT2D eigenvalue weighted by Gasteiger charge is 2.15. The largest absolute Gasteiger partial charge is 0.371 e. The highest BCUT2D eigenvalue weighted by molar-refractivity contribution is 7.80. The summed E-state index contributed by atoms with van der Waals surface area (Å²) in [5.74, 6) is 0. The second kappa shape index (κ2) is 10.6. The van der Waals surface area contributed by atoms with Gasteiger partial charge in [0.1, 0.15) is 10.7 Å². The lowest BCUT2D eigenvalue weighted by atomic mass is 10.0. The Balaban J connectivity index is 2.01. The van der Waals surface area contributed by atoms with E-state index in [4.69, 9.17) is 17.3 Å². The lowest BCUT2D eigenvalue weighted by molar-refractivity contribution is 0.586. The Labute approximate surface area is 168 Å². The zero-order valence-corrected chi connectivity index (χ0v) is 17.1. The van der Waals surface area contributed by atoms with Crippen molar-refractivity contribution in [3.63, 3.8) is 0 Å². The molecule has 142 valence electrons. The summed E-state index contributed by atoms with van der Waals surface area (Å²) in [6, 6.07) is 10.7. The fourth-order valence-electron chi connectivity index (χ4n) is 2.95. The van der Waals surface area contributed by atoms with Crippen molar-refractivity contribution >= 4 is 17.2 Å². The second-order valence-corrected chi connectivity index (χ2v) is 7.03. The molecule has 3 nitrogen and oxygen atoms in total. The van der Waals surface area contributed by atoms with Crippen LogP contribution in [0.1, 0.15) is 36.6 Å². The van der Waals surface area contributed by atoms with Gasteiger partial charge in [0.25, 0.3) is 0 Å². The third-order valence-corrected chi connectivity index (χ3v) is 4.85. The first-order valence-electron chi connectivity index (χ1n) is 9.40. The van der Waals surface area contributed by atoms with Crippen LogP contribution in [0.5, 0.6) is 0 Å². The lowest BCUT2D eigenvalue weighted by Crippen LogP contribution is -2.34. The van der Waals surface area contributed by atoms with Crippen LogP contribution in [-0.2, 0) is 13.0 Å². The average molecular weight is 380 g/mol. The molecule has 27 heavy (non-hydrogen) atoms. The zero-order chi connectivity index (χ0) is 19.6. The molecule has 0 fully saturated rings. The van der Waals surface area contributed by atoms with Gasteiger partial charge in [-0.25, -0.2) is 0 Å². The molecule has 0 saturated heterocycles. The standard InChI is InChI=1S/C23H29N3S/c1-5-11-19(6-2)16-21(7-3)24-23(27)22-18(4)17-26(25-22)15-14-20-12-9-8-10-13-20/h5-6,8-13,17,21H,1-2,7,14-16H2,3-4H3,(H,24,27)/b19-11+/t21-/m0/s1. The van der Waals surface area contributed by atoms with Crippen LogP contribution < -0.4 is 5.32 Å². The minimum Gasteiger partial charge on any atom is -0.371 e. The van der Waals surface area contributed by atoms with Gasteiger partial charge in [0.15, 0.2) is 0 Å². The molecular weight excluding hydrogens is 350 g/mol. The van der Waals surface area contributed by atoms with E-state index in [0.29, 0.717) is 4.99 Å². The highest BCUT2D eigenvalue weighted by Crippen LogP contribution is 2.13. The molecule has 0 aliphatic carbocycles. The number of allylic oxidation sites excluding steroid dienone is 3. The number of benzene rings is 1. The van der Waals surface area contributed by atoms with E-state index in [1.54, 1.807) is 6.08 Å². The van der Waals surface area contributed by atoms with E-state index in [1.165, 1.54) is 5.56 Å².